The number of hydrogen-bond acceptors (Lipinski definition) is 3. The monoisotopic (exact) mass is 143 g/mol. The summed E-state index contributed by atoms with van der Waals surface area (Å²) in [4.78, 5) is 14.3. The second-order valence-corrected chi connectivity index (χ2v) is 2.79. The van der Waals surface area contributed by atoms with E-state index in [0.717, 1.165) is 0 Å². The third-order valence-corrected chi connectivity index (χ3v) is 1.72. The molecule has 0 aromatic heterocycles. The lowest BCUT2D eigenvalue weighted by molar-refractivity contribution is -0.0426. The predicted octanol–water partition coefficient (Wildman–Crippen LogP) is 2.29. The molecule has 0 aliphatic heterocycles. The zero-order valence-electron chi connectivity index (χ0n) is 6.63. The molecule has 0 aliphatic carbocycles. The van der Waals surface area contributed by atoms with Gasteiger partial charge in [-0.15, -0.1) is 11.5 Å². The van der Waals surface area contributed by atoms with Crippen LogP contribution in [0.2, 0.25) is 0 Å². The third kappa shape index (κ3) is 2.17. The maximum Gasteiger partial charge on any atom is 0.155 e. The minimum absolute atomic E-state index is 0.116. The molecular formula is C7H13NO2. The zero-order valence-corrected chi connectivity index (χ0v) is 6.63. The Bertz CT molecular complexity index is 132. The van der Waals surface area contributed by atoms with Crippen LogP contribution in [-0.2, 0) is 4.84 Å². The van der Waals surface area contributed by atoms with Crippen molar-refractivity contribution >= 4 is 0 Å². The molecule has 0 bridgehead atoms. The van der Waals surface area contributed by atoms with Crippen LogP contribution in [0.3, 0.4) is 0 Å². The Labute approximate surface area is 61.0 Å². The Morgan fingerprint density at radius 3 is 2.50 bits per heavy atom. The van der Waals surface area contributed by atoms with Gasteiger partial charge in [-0.25, -0.2) is 0 Å². The second-order valence-electron chi connectivity index (χ2n) is 2.79. The van der Waals surface area contributed by atoms with Gasteiger partial charge < -0.3 is 4.84 Å². The van der Waals surface area contributed by atoms with Gasteiger partial charge in [-0.1, -0.05) is 13.0 Å². The fraction of sp³-hybridized carbons (Fsp3) is 0.714. The van der Waals surface area contributed by atoms with Crippen molar-refractivity contribution in [2.45, 2.75) is 26.4 Å². The van der Waals surface area contributed by atoms with Gasteiger partial charge in [-0.3, -0.25) is 0 Å². The molecule has 1 unspecified atom stereocenters. The third-order valence-electron chi connectivity index (χ3n) is 1.72. The van der Waals surface area contributed by atoms with Crippen molar-refractivity contribution in [2.75, 3.05) is 0 Å². The summed E-state index contributed by atoms with van der Waals surface area (Å²) in [5, 5.41) is 2.38. The molecule has 0 rings (SSSR count). The van der Waals surface area contributed by atoms with E-state index >= 15 is 0 Å². The van der Waals surface area contributed by atoms with Gasteiger partial charge in [-0.05, 0) is 13.8 Å². The minimum atomic E-state index is -0.538. The molecule has 10 heavy (non-hydrogen) atoms. The maximum atomic E-state index is 9.73. The van der Waals surface area contributed by atoms with Crippen LogP contribution in [0.15, 0.2) is 18.0 Å². The van der Waals surface area contributed by atoms with Gasteiger partial charge in [0.15, 0.2) is 5.34 Å². The summed E-state index contributed by atoms with van der Waals surface area (Å²) in [5.74, 6) is 0.116. The fourth-order valence-corrected chi connectivity index (χ4v) is 0.463. The van der Waals surface area contributed by atoms with E-state index in [1.807, 2.05) is 6.92 Å². The summed E-state index contributed by atoms with van der Waals surface area (Å²) in [6, 6.07) is 0. The molecular weight excluding hydrogens is 130 g/mol. The van der Waals surface area contributed by atoms with Crippen LogP contribution < -0.4 is 0 Å². The molecule has 0 N–H and O–H groups in total. The van der Waals surface area contributed by atoms with Crippen LogP contribution in [0.4, 0.5) is 0 Å². The molecule has 3 nitrogen and oxygen atoms in total. The largest absolute Gasteiger partial charge is 0.357 e. The SMILES string of the molecule is C=CC(C)C(C)(C)ON=O. The van der Waals surface area contributed by atoms with Crippen molar-refractivity contribution in [1.82, 2.24) is 0 Å². The van der Waals surface area contributed by atoms with Crippen molar-refractivity contribution in [1.29, 1.82) is 0 Å². The highest BCUT2D eigenvalue weighted by molar-refractivity contribution is 4.88. The van der Waals surface area contributed by atoms with E-state index in [9.17, 15) is 4.91 Å². The van der Waals surface area contributed by atoms with E-state index in [4.69, 9.17) is 0 Å². The number of nitrogens with zero attached hydrogens (tertiary/aromatic N) is 1. The van der Waals surface area contributed by atoms with Gasteiger partial charge in [-0.2, -0.15) is 0 Å². The molecule has 0 fully saturated rings. The molecule has 0 heterocycles. The Morgan fingerprint density at radius 1 is 1.70 bits per heavy atom. The Morgan fingerprint density at radius 2 is 2.20 bits per heavy atom. The summed E-state index contributed by atoms with van der Waals surface area (Å²) in [6.45, 7) is 9.09. The van der Waals surface area contributed by atoms with Crippen molar-refractivity contribution in [3.05, 3.63) is 17.6 Å². The molecule has 0 amide bonds. The predicted molar refractivity (Wildman–Crippen MR) is 40.3 cm³/mol. The average Bonchev–Trinajstić information content (AvgIpc) is 1.86. The van der Waals surface area contributed by atoms with E-state index in [2.05, 4.69) is 16.8 Å². The van der Waals surface area contributed by atoms with Gasteiger partial charge in [0.2, 0.25) is 0 Å². The molecule has 0 spiro atoms. The van der Waals surface area contributed by atoms with Gasteiger partial charge in [0.05, 0.1) is 0 Å². The van der Waals surface area contributed by atoms with E-state index in [1.54, 1.807) is 19.9 Å². The quantitative estimate of drug-likeness (QED) is 0.344. The lowest BCUT2D eigenvalue weighted by atomic mass is 9.93. The smallest absolute Gasteiger partial charge is 0.155 e. The van der Waals surface area contributed by atoms with E-state index in [-0.39, 0.29) is 5.92 Å². The molecule has 0 aromatic rings. The second kappa shape index (κ2) is 3.34. The highest BCUT2D eigenvalue weighted by Crippen LogP contribution is 2.21. The highest BCUT2D eigenvalue weighted by atomic mass is 16.7. The van der Waals surface area contributed by atoms with Crippen molar-refractivity contribution in [3.8, 4) is 0 Å². The summed E-state index contributed by atoms with van der Waals surface area (Å²) in [6.07, 6.45) is 1.73. The van der Waals surface area contributed by atoms with E-state index < -0.39 is 5.60 Å². The van der Waals surface area contributed by atoms with Crippen LogP contribution in [0.25, 0.3) is 0 Å². The van der Waals surface area contributed by atoms with Gasteiger partial charge >= 0.3 is 0 Å². The normalized spacial score (nSPS) is 13.9. The van der Waals surface area contributed by atoms with Crippen LogP contribution >= 0.6 is 0 Å². The topological polar surface area (TPSA) is 38.7 Å². The molecule has 0 radical (unpaired) electrons. The van der Waals surface area contributed by atoms with Crippen molar-refractivity contribution < 1.29 is 4.84 Å². The Balaban J connectivity index is 4.07. The van der Waals surface area contributed by atoms with Gasteiger partial charge in [0, 0.05) is 5.92 Å². The highest BCUT2D eigenvalue weighted by Gasteiger charge is 2.26. The van der Waals surface area contributed by atoms with E-state index in [0.29, 0.717) is 0 Å². The first kappa shape index (κ1) is 9.14. The number of hydrogen-bond donors (Lipinski definition) is 0. The molecule has 1 atom stereocenters. The van der Waals surface area contributed by atoms with Gasteiger partial charge in [0.25, 0.3) is 0 Å². The van der Waals surface area contributed by atoms with E-state index in [1.165, 1.54) is 0 Å². The van der Waals surface area contributed by atoms with Crippen molar-refractivity contribution in [3.63, 3.8) is 0 Å². The molecule has 3 heteroatoms. The Hall–Kier alpha value is -0.860. The summed E-state index contributed by atoms with van der Waals surface area (Å²) < 4.78 is 0. The lowest BCUT2D eigenvalue weighted by Crippen LogP contribution is -2.29. The molecule has 0 saturated heterocycles. The first-order valence-corrected chi connectivity index (χ1v) is 3.18. The molecule has 0 aliphatic rings. The first-order chi connectivity index (χ1) is 4.54. The van der Waals surface area contributed by atoms with Crippen LogP contribution in [0.1, 0.15) is 20.8 Å². The fourth-order valence-electron chi connectivity index (χ4n) is 0.463. The average molecular weight is 143 g/mol. The minimum Gasteiger partial charge on any atom is -0.357 e. The summed E-state index contributed by atoms with van der Waals surface area (Å²) in [7, 11) is 0. The lowest BCUT2D eigenvalue weighted by Gasteiger charge is -2.24. The maximum absolute atomic E-state index is 9.73. The molecule has 0 saturated carbocycles. The van der Waals surface area contributed by atoms with Crippen LogP contribution in [-0.4, -0.2) is 5.60 Å². The Kier molecular flexibility index (Phi) is 3.06. The van der Waals surface area contributed by atoms with Crippen molar-refractivity contribution in [2.24, 2.45) is 11.3 Å². The molecule has 0 aromatic carbocycles. The summed E-state index contributed by atoms with van der Waals surface area (Å²) in [5.41, 5.74) is -0.538. The summed E-state index contributed by atoms with van der Waals surface area (Å²) >= 11 is 0. The van der Waals surface area contributed by atoms with Gasteiger partial charge in [0.1, 0.15) is 5.60 Å². The van der Waals surface area contributed by atoms with Crippen LogP contribution in [0.5, 0.6) is 0 Å². The molecule has 58 valence electrons. The first-order valence-electron chi connectivity index (χ1n) is 3.18. The standard InChI is InChI=1S/C7H13NO2/c1-5-6(2)7(3,4)10-8-9/h5-6H,1H2,2-4H3. The van der Waals surface area contributed by atoms with Crippen LogP contribution in [0, 0.1) is 10.8 Å². The number of rotatable bonds is 4. The zero-order chi connectivity index (χ0) is 8.20.